The molecule has 3 heterocycles. The first-order chi connectivity index (χ1) is 11.8. The molecule has 2 aromatic rings. The number of rotatable bonds is 6. The van der Waals surface area contributed by atoms with Crippen molar-refractivity contribution in [2.75, 3.05) is 20.3 Å². The Labute approximate surface area is 142 Å². The van der Waals surface area contributed by atoms with E-state index in [1.807, 2.05) is 11.9 Å². The van der Waals surface area contributed by atoms with Crippen molar-refractivity contribution in [3.05, 3.63) is 30.6 Å². The molecular formula is C15H20F3N5O2. The summed E-state index contributed by atoms with van der Waals surface area (Å²) in [6, 6.07) is -0.0868. The molecule has 2 atom stereocenters. The van der Waals surface area contributed by atoms with Crippen LogP contribution in [-0.4, -0.2) is 62.8 Å². The van der Waals surface area contributed by atoms with Crippen LogP contribution < -0.4 is 4.74 Å². The summed E-state index contributed by atoms with van der Waals surface area (Å²) in [6.45, 7) is 0.0826. The third-order valence-electron chi connectivity index (χ3n) is 4.08. The molecule has 1 saturated heterocycles. The second-order valence-corrected chi connectivity index (χ2v) is 6.11. The third kappa shape index (κ3) is 4.51. The second-order valence-electron chi connectivity index (χ2n) is 6.11. The molecule has 0 radical (unpaired) electrons. The number of ether oxygens (including phenoxy) is 2. The van der Waals surface area contributed by atoms with E-state index in [1.54, 1.807) is 24.1 Å². The van der Waals surface area contributed by atoms with Gasteiger partial charge in [-0.25, -0.2) is 4.98 Å². The average Bonchev–Trinajstić information content (AvgIpc) is 3.21. The minimum atomic E-state index is -4.28. The number of likely N-dealkylation sites (N-methyl/N-ethyl adjacent to an activating group) is 1. The van der Waals surface area contributed by atoms with Crippen LogP contribution in [0.25, 0.3) is 0 Å². The molecule has 1 aliphatic rings. The van der Waals surface area contributed by atoms with Gasteiger partial charge in [-0.15, -0.1) is 0 Å². The Balaban J connectivity index is 1.64. The van der Waals surface area contributed by atoms with Crippen molar-refractivity contribution < 1.29 is 22.6 Å². The Morgan fingerprint density at radius 3 is 2.88 bits per heavy atom. The quantitative estimate of drug-likeness (QED) is 0.782. The molecule has 0 saturated carbocycles. The van der Waals surface area contributed by atoms with Gasteiger partial charge in [0.15, 0.2) is 5.75 Å². The van der Waals surface area contributed by atoms with Crippen LogP contribution in [0.1, 0.15) is 5.82 Å². The SMILES string of the molecule is CN(Cc1nccn1CC(F)(F)F)[C@H]1COC[C@H]1Oc1cnn(C)c1. The fourth-order valence-corrected chi connectivity index (χ4v) is 2.85. The number of hydrogen-bond donors (Lipinski definition) is 0. The fraction of sp³-hybridized carbons (Fsp3) is 0.600. The molecule has 25 heavy (non-hydrogen) atoms. The van der Waals surface area contributed by atoms with Gasteiger partial charge >= 0.3 is 6.18 Å². The predicted octanol–water partition coefficient (Wildman–Crippen LogP) is 1.46. The van der Waals surface area contributed by atoms with Gasteiger partial charge in [0, 0.05) is 19.4 Å². The van der Waals surface area contributed by atoms with Crippen LogP contribution in [0, 0.1) is 0 Å². The van der Waals surface area contributed by atoms with E-state index in [4.69, 9.17) is 9.47 Å². The molecule has 138 valence electrons. The summed E-state index contributed by atoms with van der Waals surface area (Å²) in [7, 11) is 3.62. The van der Waals surface area contributed by atoms with Crippen LogP contribution in [0.2, 0.25) is 0 Å². The molecule has 0 N–H and O–H groups in total. The molecule has 1 aliphatic heterocycles. The van der Waals surface area contributed by atoms with Crippen molar-refractivity contribution in [2.24, 2.45) is 7.05 Å². The van der Waals surface area contributed by atoms with E-state index in [0.29, 0.717) is 24.8 Å². The molecule has 0 spiro atoms. The molecule has 3 rings (SSSR count). The van der Waals surface area contributed by atoms with E-state index >= 15 is 0 Å². The van der Waals surface area contributed by atoms with Crippen molar-refractivity contribution in [1.29, 1.82) is 0 Å². The summed E-state index contributed by atoms with van der Waals surface area (Å²) in [4.78, 5) is 5.96. The number of imidazole rings is 1. The van der Waals surface area contributed by atoms with Gasteiger partial charge in [-0.1, -0.05) is 0 Å². The first-order valence-electron chi connectivity index (χ1n) is 7.82. The van der Waals surface area contributed by atoms with E-state index in [1.165, 1.54) is 12.4 Å². The lowest BCUT2D eigenvalue weighted by molar-refractivity contribution is -0.141. The zero-order chi connectivity index (χ0) is 18.0. The van der Waals surface area contributed by atoms with Gasteiger partial charge in [0.2, 0.25) is 0 Å². The highest BCUT2D eigenvalue weighted by Gasteiger charge is 2.34. The van der Waals surface area contributed by atoms with Crippen molar-refractivity contribution in [3.8, 4) is 5.75 Å². The van der Waals surface area contributed by atoms with Crippen LogP contribution in [0.4, 0.5) is 13.2 Å². The normalized spacial score (nSPS) is 21.2. The van der Waals surface area contributed by atoms with Crippen molar-refractivity contribution in [3.63, 3.8) is 0 Å². The molecule has 7 nitrogen and oxygen atoms in total. The molecule has 2 aromatic heterocycles. The third-order valence-corrected chi connectivity index (χ3v) is 4.08. The number of alkyl halides is 3. The Hall–Kier alpha value is -2.07. The highest BCUT2D eigenvalue weighted by Crippen LogP contribution is 2.22. The Bertz CT molecular complexity index is 699. The zero-order valence-corrected chi connectivity index (χ0v) is 14.0. The Kier molecular flexibility index (Phi) is 5.00. The van der Waals surface area contributed by atoms with Gasteiger partial charge in [0.05, 0.1) is 38.2 Å². The molecule has 0 unspecified atom stereocenters. The molecule has 1 fully saturated rings. The Morgan fingerprint density at radius 2 is 2.20 bits per heavy atom. The van der Waals surface area contributed by atoms with E-state index in [0.717, 1.165) is 4.57 Å². The lowest BCUT2D eigenvalue weighted by Crippen LogP contribution is -2.43. The maximum absolute atomic E-state index is 12.6. The zero-order valence-electron chi connectivity index (χ0n) is 14.0. The maximum Gasteiger partial charge on any atom is 0.406 e. The van der Waals surface area contributed by atoms with E-state index in [9.17, 15) is 13.2 Å². The highest BCUT2D eigenvalue weighted by molar-refractivity contribution is 5.13. The lowest BCUT2D eigenvalue weighted by atomic mass is 10.2. The summed E-state index contributed by atoms with van der Waals surface area (Å²) in [6.07, 6.45) is 1.59. The van der Waals surface area contributed by atoms with Gasteiger partial charge < -0.3 is 14.0 Å². The average molecular weight is 359 g/mol. The van der Waals surface area contributed by atoms with E-state index in [-0.39, 0.29) is 18.7 Å². The summed E-state index contributed by atoms with van der Waals surface area (Å²) in [5.74, 6) is 0.988. The van der Waals surface area contributed by atoms with Gasteiger partial charge in [-0.3, -0.25) is 9.58 Å². The predicted molar refractivity (Wildman–Crippen MR) is 82.0 cm³/mol. The smallest absolute Gasteiger partial charge is 0.406 e. The molecule has 10 heteroatoms. The topological polar surface area (TPSA) is 57.3 Å². The Morgan fingerprint density at radius 1 is 1.40 bits per heavy atom. The highest BCUT2D eigenvalue weighted by atomic mass is 19.4. The standard InChI is InChI=1S/C15H20F3N5O2/c1-21(7-14-19-3-4-23(14)10-15(16,17)18)12-8-24-9-13(12)25-11-5-20-22(2)6-11/h3-6,12-13H,7-10H2,1-2H3/t12-,13+/m0/s1. The number of halogens is 3. The number of nitrogens with zero attached hydrogens (tertiary/aromatic N) is 5. The fourth-order valence-electron chi connectivity index (χ4n) is 2.85. The molecule has 0 aliphatic carbocycles. The van der Waals surface area contributed by atoms with Crippen LogP contribution in [0.5, 0.6) is 5.75 Å². The van der Waals surface area contributed by atoms with Crippen molar-refractivity contribution >= 4 is 0 Å². The number of hydrogen-bond acceptors (Lipinski definition) is 5. The summed E-state index contributed by atoms with van der Waals surface area (Å²) >= 11 is 0. The lowest BCUT2D eigenvalue weighted by Gasteiger charge is -2.28. The van der Waals surface area contributed by atoms with E-state index < -0.39 is 12.7 Å². The minimum absolute atomic E-state index is 0.0868. The largest absolute Gasteiger partial charge is 0.483 e. The van der Waals surface area contributed by atoms with Crippen LogP contribution in [0.3, 0.4) is 0 Å². The summed E-state index contributed by atoms with van der Waals surface area (Å²) in [5.41, 5.74) is 0. The minimum Gasteiger partial charge on any atom is -0.483 e. The van der Waals surface area contributed by atoms with Gasteiger partial charge in [-0.2, -0.15) is 18.3 Å². The maximum atomic E-state index is 12.6. The van der Waals surface area contributed by atoms with Gasteiger partial charge in [0.25, 0.3) is 0 Å². The van der Waals surface area contributed by atoms with E-state index in [2.05, 4.69) is 10.1 Å². The first-order valence-corrected chi connectivity index (χ1v) is 7.82. The van der Waals surface area contributed by atoms with Crippen LogP contribution >= 0.6 is 0 Å². The summed E-state index contributed by atoms with van der Waals surface area (Å²) < 4.78 is 52.1. The van der Waals surface area contributed by atoms with Crippen LogP contribution in [0.15, 0.2) is 24.8 Å². The summed E-state index contributed by atoms with van der Waals surface area (Å²) in [5, 5.41) is 4.05. The van der Waals surface area contributed by atoms with Gasteiger partial charge in [0.1, 0.15) is 18.5 Å². The van der Waals surface area contributed by atoms with Crippen molar-refractivity contribution in [1.82, 2.24) is 24.2 Å². The number of aryl methyl sites for hydroxylation is 1. The van der Waals surface area contributed by atoms with Crippen molar-refractivity contribution in [2.45, 2.75) is 31.4 Å². The van der Waals surface area contributed by atoms with Gasteiger partial charge in [-0.05, 0) is 7.05 Å². The monoisotopic (exact) mass is 359 g/mol. The van der Waals surface area contributed by atoms with Crippen LogP contribution in [-0.2, 0) is 24.9 Å². The molecule has 0 bridgehead atoms. The molecule has 0 amide bonds. The molecular weight excluding hydrogens is 339 g/mol. The first kappa shape index (κ1) is 17.7. The number of aromatic nitrogens is 4. The molecule has 0 aromatic carbocycles. The second kappa shape index (κ2) is 7.04.